The number of aryl methyl sites for hydroxylation is 1. The van der Waals surface area contributed by atoms with Crippen molar-refractivity contribution in [2.45, 2.75) is 6.92 Å². The van der Waals surface area contributed by atoms with Gasteiger partial charge in [0.15, 0.2) is 5.82 Å². The van der Waals surface area contributed by atoms with Crippen molar-refractivity contribution in [1.29, 1.82) is 5.26 Å². The number of nitriles is 1. The number of hydrogen-bond donors (Lipinski definition) is 0. The lowest BCUT2D eigenvalue weighted by molar-refractivity contribution is 0.603. The molecule has 0 fully saturated rings. The van der Waals surface area contributed by atoms with E-state index in [1.165, 1.54) is 10.7 Å². The Morgan fingerprint density at radius 3 is 2.75 bits per heavy atom. The topological polar surface area (TPSA) is 41.6 Å². The smallest absolute Gasteiger partial charge is 0.164 e. The first kappa shape index (κ1) is 10.8. The first-order valence-electron chi connectivity index (χ1n) is 4.54. The molecule has 80 valence electrons. The van der Waals surface area contributed by atoms with E-state index in [0.717, 1.165) is 5.69 Å². The molecule has 0 radical (unpaired) electrons. The van der Waals surface area contributed by atoms with E-state index in [9.17, 15) is 4.39 Å². The predicted octanol–water partition coefficient (Wildman–Crippen LogP) is 2.95. The minimum absolute atomic E-state index is 0.167. The summed E-state index contributed by atoms with van der Waals surface area (Å²) in [5.41, 5.74) is 1.39. The third-order valence-electron chi connectivity index (χ3n) is 2.15. The van der Waals surface area contributed by atoms with Crippen molar-refractivity contribution >= 4 is 15.9 Å². The zero-order valence-corrected chi connectivity index (χ0v) is 9.99. The van der Waals surface area contributed by atoms with Gasteiger partial charge in [-0.05, 0) is 41.1 Å². The third kappa shape index (κ3) is 1.72. The highest BCUT2D eigenvalue weighted by molar-refractivity contribution is 9.10. The molecular formula is C11H7BrFN3. The number of rotatable bonds is 1. The van der Waals surface area contributed by atoms with Gasteiger partial charge in [-0.3, -0.25) is 0 Å². The quantitative estimate of drug-likeness (QED) is 0.805. The molecule has 0 aliphatic rings. The van der Waals surface area contributed by atoms with E-state index in [1.807, 2.05) is 13.0 Å². The summed E-state index contributed by atoms with van der Waals surface area (Å²) in [6.07, 6.45) is 1.67. The van der Waals surface area contributed by atoms with Crippen LogP contribution in [0, 0.1) is 24.1 Å². The molecule has 0 saturated heterocycles. The molecule has 0 spiro atoms. The minimum Gasteiger partial charge on any atom is -0.238 e. The molecule has 5 heteroatoms. The molecule has 0 aliphatic carbocycles. The number of nitrogens with zero attached hydrogens (tertiary/aromatic N) is 3. The Kier molecular flexibility index (Phi) is 2.75. The highest BCUT2D eigenvalue weighted by Gasteiger charge is 2.12. The fraction of sp³-hybridized carbons (Fsp3) is 0.0909. The van der Waals surface area contributed by atoms with Crippen molar-refractivity contribution in [2.75, 3.05) is 0 Å². The van der Waals surface area contributed by atoms with Crippen LogP contribution in [0.25, 0.3) is 5.69 Å². The number of hydrogen-bond acceptors (Lipinski definition) is 2. The van der Waals surface area contributed by atoms with Crippen molar-refractivity contribution in [3.8, 4) is 11.8 Å². The van der Waals surface area contributed by atoms with E-state index in [1.54, 1.807) is 18.3 Å². The van der Waals surface area contributed by atoms with E-state index in [2.05, 4.69) is 21.0 Å². The molecule has 1 heterocycles. The standard InChI is InChI=1S/C11H7BrFN3/c1-7-4-5-16(15-7)9-3-2-8(6-14)10(12)11(9)13/h2-5H,1H3. The summed E-state index contributed by atoms with van der Waals surface area (Å²) in [7, 11) is 0. The van der Waals surface area contributed by atoms with Crippen LogP contribution in [0.5, 0.6) is 0 Å². The lowest BCUT2D eigenvalue weighted by Crippen LogP contribution is -2.00. The molecule has 2 rings (SSSR count). The van der Waals surface area contributed by atoms with Crippen LogP contribution in [0.4, 0.5) is 4.39 Å². The van der Waals surface area contributed by atoms with Crippen molar-refractivity contribution in [1.82, 2.24) is 9.78 Å². The van der Waals surface area contributed by atoms with Crippen LogP contribution in [0.1, 0.15) is 11.3 Å². The summed E-state index contributed by atoms with van der Waals surface area (Å²) in [4.78, 5) is 0. The van der Waals surface area contributed by atoms with Gasteiger partial charge in [0.25, 0.3) is 0 Å². The van der Waals surface area contributed by atoms with Gasteiger partial charge in [-0.15, -0.1) is 0 Å². The Labute approximate surface area is 100 Å². The third-order valence-corrected chi connectivity index (χ3v) is 2.93. The van der Waals surface area contributed by atoms with Crippen molar-refractivity contribution in [2.24, 2.45) is 0 Å². The normalized spacial score (nSPS) is 10.1. The molecule has 1 aromatic heterocycles. The molecule has 2 aromatic rings. The minimum atomic E-state index is -0.484. The van der Waals surface area contributed by atoms with Crippen LogP contribution < -0.4 is 0 Å². The number of aromatic nitrogens is 2. The van der Waals surface area contributed by atoms with Gasteiger partial charge in [0.2, 0.25) is 0 Å². The van der Waals surface area contributed by atoms with E-state index >= 15 is 0 Å². The van der Waals surface area contributed by atoms with Crippen LogP contribution in [0.15, 0.2) is 28.9 Å². The highest BCUT2D eigenvalue weighted by atomic mass is 79.9. The summed E-state index contributed by atoms with van der Waals surface area (Å²) in [5, 5.41) is 12.9. The molecule has 0 saturated carbocycles. The lowest BCUT2D eigenvalue weighted by Gasteiger charge is -2.05. The van der Waals surface area contributed by atoms with Crippen LogP contribution in [-0.4, -0.2) is 9.78 Å². The van der Waals surface area contributed by atoms with Gasteiger partial charge in [0.1, 0.15) is 11.8 Å². The zero-order chi connectivity index (χ0) is 11.7. The molecule has 1 aromatic carbocycles. The zero-order valence-electron chi connectivity index (χ0n) is 8.41. The van der Waals surface area contributed by atoms with E-state index < -0.39 is 5.82 Å². The molecule has 0 unspecified atom stereocenters. The molecule has 3 nitrogen and oxygen atoms in total. The van der Waals surface area contributed by atoms with E-state index in [-0.39, 0.29) is 10.0 Å². The number of halogens is 2. The second-order valence-electron chi connectivity index (χ2n) is 3.27. The fourth-order valence-electron chi connectivity index (χ4n) is 1.35. The van der Waals surface area contributed by atoms with Gasteiger partial charge in [-0.1, -0.05) is 0 Å². The molecule has 16 heavy (non-hydrogen) atoms. The van der Waals surface area contributed by atoms with Crippen molar-refractivity contribution in [3.63, 3.8) is 0 Å². The second kappa shape index (κ2) is 4.06. The summed E-state index contributed by atoms with van der Waals surface area (Å²) < 4.78 is 15.5. The number of benzene rings is 1. The second-order valence-corrected chi connectivity index (χ2v) is 4.07. The molecule has 0 bridgehead atoms. The van der Waals surface area contributed by atoms with Gasteiger partial charge >= 0.3 is 0 Å². The molecular weight excluding hydrogens is 273 g/mol. The van der Waals surface area contributed by atoms with Crippen LogP contribution >= 0.6 is 15.9 Å². The maximum Gasteiger partial charge on any atom is 0.164 e. The van der Waals surface area contributed by atoms with Crippen LogP contribution in [0.3, 0.4) is 0 Å². The summed E-state index contributed by atoms with van der Waals surface area (Å²) >= 11 is 3.06. The Bertz CT molecular complexity index is 583. The van der Waals surface area contributed by atoms with E-state index in [0.29, 0.717) is 5.69 Å². The van der Waals surface area contributed by atoms with Gasteiger partial charge in [-0.25, -0.2) is 9.07 Å². The van der Waals surface area contributed by atoms with Gasteiger partial charge in [0, 0.05) is 6.20 Å². The average molecular weight is 280 g/mol. The Balaban J connectivity index is 2.60. The summed E-state index contributed by atoms with van der Waals surface area (Å²) in [5.74, 6) is -0.484. The van der Waals surface area contributed by atoms with Gasteiger partial charge in [-0.2, -0.15) is 10.4 Å². The monoisotopic (exact) mass is 279 g/mol. The highest BCUT2D eigenvalue weighted by Crippen LogP contribution is 2.25. The molecule has 0 aliphatic heterocycles. The fourth-order valence-corrected chi connectivity index (χ4v) is 1.78. The molecule has 0 N–H and O–H groups in total. The van der Waals surface area contributed by atoms with Crippen molar-refractivity contribution in [3.05, 3.63) is 45.9 Å². The Morgan fingerprint density at radius 1 is 1.44 bits per heavy atom. The SMILES string of the molecule is Cc1ccn(-c2ccc(C#N)c(Br)c2F)n1. The average Bonchev–Trinajstić information content (AvgIpc) is 2.69. The summed E-state index contributed by atoms with van der Waals surface area (Å²) in [6, 6.07) is 6.77. The lowest BCUT2D eigenvalue weighted by atomic mass is 10.2. The van der Waals surface area contributed by atoms with Crippen LogP contribution in [0.2, 0.25) is 0 Å². The maximum absolute atomic E-state index is 13.9. The summed E-state index contributed by atoms with van der Waals surface area (Å²) in [6.45, 7) is 1.83. The molecule has 0 amide bonds. The van der Waals surface area contributed by atoms with Gasteiger partial charge < -0.3 is 0 Å². The van der Waals surface area contributed by atoms with Gasteiger partial charge in [0.05, 0.1) is 15.7 Å². The van der Waals surface area contributed by atoms with Crippen LogP contribution in [-0.2, 0) is 0 Å². The predicted molar refractivity (Wildman–Crippen MR) is 60.7 cm³/mol. The molecule has 0 atom stereocenters. The largest absolute Gasteiger partial charge is 0.238 e. The Hall–Kier alpha value is -1.67. The first-order valence-corrected chi connectivity index (χ1v) is 5.33. The van der Waals surface area contributed by atoms with Crippen molar-refractivity contribution < 1.29 is 4.39 Å². The maximum atomic E-state index is 13.9. The Morgan fingerprint density at radius 2 is 2.19 bits per heavy atom. The first-order chi connectivity index (χ1) is 7.63. The van der Waals surface area contributed by atoms with E-state index in [4.69, 9.17) is 5.26 Å².